The van der Waals surface area contributed by atoms with E-state index in [-0.39, 0.29) is 0 Å². The maximum Gasteiger partial charge on any atom is 0.0407 e. The lowest BCUT2D eigenvalue weighted by Crippen LogP contribution is -2.48. The molecule has 1 fully saturated rings. The topological polar surface area (TPSA) is 18.5 Å². The van der Waals surface area contributed by atoms with E-state index in [1.165, 1.54) is 32.7 Å². The van der Waals surface area contributed by atoms with Crippen molar-refractivity contribution in [1.29, 1.82) is 0 Å². The van der Waals surface area contributed by atoms with Crippen LogP contribution in [0, 0.1) is 5.92 Å². The fraction of sp³-hybridized carbons (Fsp3) is 0.625. The van der Waals surface area contributed by atoms with Crippen molar-refractivity contribution in [2.75, 3.05) is 51.1 Å². The van der Waals surface area contributed by atoms with Crippen LogP contribution in [0.5, 0.6) is 0 Å². The van der Waals surface area contributed by atoms with Crippen LogP contribution in [0.3, 0.4) is 0 Å². The standard InChI is InChI=1S/C16H26ClN3/c1-14(2)13-20-11-9-19(10-12-20)8-7-18-16-5-3-15(17)4-6-16/h3-6,14,18H,7-13H2,1-2H3. The van der Waals surface area contributed by atoms with Gasteiger partial charge in [-0.15, -0.1) is 0 Å². The second kappa shape index (κ2) is 7.87. The third-order valence-electron chi connectivity index (χ3n) is 3.69. The van der Waals surface area contributed by atoms with E-state index in [2.05, 4.69) is 29.0 Å². The number of hydrogen-bond acceptors (Lipinski definition) is 3. The number of hydrogen-bond donors (Lipinski definition) is 1. The zero-order valence-electron chi connectivity index (χ0n) is 12.6. The van der Waals surface area contributed by atoms with Crippen molar-refractivity contribution in [3.8, 4) is 0 Å². The van der Waals surface area contributed by atoms with Gasteiger partial charge in [-0.3, -0.25) is 4.90 Å². The van der Waals surface area contributed by atoms with Crippen molar-refractivity contribution in [3.63, 3.8) is 0 Å². The van der Waals surface area contributed by atoms with Crippen molar-refractivity contribution in [1.82, 2.24) is 9.80 Å². The maximum absolute atomic E-state index is 5.88. The van der Waals surface area contributed by atoms with Gasteiger partial charge in [0.05, 0.1) is 0 Å². The number of benzene rings is 1. The van der Waals surface area contributed by atoms with E-state index in [9.17, 15) is 0 Å². The molecular formula is C16H26ClN3. The summed E-state index contributed by atoms with van der Waals surface area (Å²) in [6.07, 6.45) is 0. The largest absolute Gasteiger partial charge is 0.384 e. The summed E-state index contributed by atoms with van der Waals surface area (Å²) in [6.45, 7) is 12.7. The van der Waals surface area contributed by atoms with Crippen LogP contribution in [0.1, 0.15) is 13.8 Å². The Bertz CT molecular complexity index is 383. The Kier molecular flexibility index (Phi) is 6.14. The molecule has 1 aliphatic heterocycles. The Hall–Kier alpha value is -0.770. The van der Waals surface area contributed by atoms with Gasteiger partial charge in [-0.1, -0.05) is 25.4 Å². The highest BCUT2D eigenvalue weighted by Crippen LogP contribution is 2.13. The van der Waals surface area contributed by atoms with Gasteiger partial charge >= 0.3 is 0 Å². The molecule has 112 valence electrons. The van der Waals surface area contributed by atoms with Crippen LogP contribution in [-0.2, 0) is 0 Å². The second-order valence-electron chi connectivity index (χ2n) is 5.97. The average molecular weight is 296 g/mol. The summed E-state index contributed by atoms with van der Waals surface area (Å²) in [5, 5.41) is 4.24. The Morgan fingerprint density at radius 2 is 1.65 bits per heavy atom. The zero-order valence-corrected chi connectivity index (χ0v) is 13.4. The molecule has 1 saturated heterocycles. The molecule has 4 heteroatoms. The molecule has 20 heavy (non-hydrogen) atoms. The third kappa shape index (κ3) is 5.31. The highest BCUT2D eigenvalue weighted by molar-refractivity contribution is 6.30. The van der Waals surface area contributed by atoms with E-state index in [0.717, 1.165) is 29.7 Å². The van der Waals surface area contributed by atoms with E-state index in [4.69, 9.17) is 11.6 Å². The average Bonchev–Trinajstić information content (AvgIpc) is 2.42. The molecular weight excluding hydrogens is 270 g/mol. The molecule has 1 aromatic carbocycles. The monoisotopic (exact) mass is 295 g/mol. The number of nitrogens with one attached hydrogen (secondary N) is 1. The molecule has 2 rings (SSSR count). The van der Waals surface area contributed by atoms with Gasteiger partial charge in [0.25, 0.3) is 0 Å². The third-order valence-corrected chi connectivity index (χ3v) is 3.94. The summed E-state index contributed by atoms with van der Waals surface area (Å²) in [7, 11) is 0. The van der Waals surface area contributed by atoms with Crippen LogP contribution in [-0.4, -0.2) is 55.6 Å². The summed E-state index contributed by atoms with van der Waals surface area (Å²) < 4.78 is 0. The van der Waals surface area contributed by atoms with Gasteiger partial charge in [-0.05, 0) is 30.2 Å². The fourth-order valence-corrected chi connectivity index (χ4v) is 2.76. The Balaban J connectivity index is 1.62. The summed E-state index contributed by atoms with van der Waals surface area (Å²) >= 11 is 5.88. The van der Waals surface area contributed by atoms with Gasteiger partial charge in [-0.25, -0.2) is 0 Å². The van der Waals surface area contributed by atoms with Crippen LogP contribution < -0.4 is 5.32 Å². The first-order valence-corrected chi connectivity index (χ1v) is 7.95. The Labute approximate surface area is 127 Å². The van der Waals surface area contributed by atoms with E-state index in [0.29, 0.717) is 0 Å². The fourth-order valence-electron chi connectivity index (χ4n) is 2.64. The van der Waals surface area contributed by atoms with Crippen LogP contribution in [0.2, 0.25) is 5.02 Å². The quantitative estimate of drug-likeness (QED) is 0.870. The zero-order chi connectivity index (χ0) is 14.4. The smallest absolute Gasteiger partial charge is 0.0407 e. The number of piperazine rings is 1. The first-order chi connectivity index (χ1) is 9.63. The van der Waals surface area contributed by atoms with Crippen molar-refractivity contribution in [2.24, 2.45) is 5.92 Å². The minimum Gasteiger partial charge on any atom is -0.384 e. The van der Waals surface area contributed by atoms with Crippen LogP contribution >= 0.6 is 11.6 Å². The molecule has 0 saturated carbocycles. The lowest BCUT2D eigenvalue weighted by atomic mass is 10.2. The molecule has 0 unspecified atom stereocenters. The molecule has 1 heterocycles. The van der Waals surface area contributed by atoms with Crippen LogP contribution in [0.15, 0.2) is 24.3 Å². The Morgan fingerprint density at radius 3 is 2.25 bits per heavy atom. The van der Waals surface area contributed by atoms with Crippen molar-refractivity contribution < 1.29 is 0 Å². The minimum absolute atomic E-state index is 0.771. The normalized spacial score (nSPS) is 17.6. The molecule has 0 aromatic heterocycles. The van der Waals surface area contributed by atoms with Crippen molar-refractivity contribution >= 4 is 17.3 Å². The molecule has 0 atom stereocenters. The summed E-state index contributed by atoms with van der Waals surface area (Å²) in [4.78, 5) is 5.12. The van der Waals surface area contributed by atoms with E-state index in [1.54, 1.807) is 0 Å². The highest BCUT2D eigenvalue weighted by Gasteiger charge is 2.16. The summed E-state index contributed by atoms with van der Waals surface area (Å²) in [6, 6.07) is 7.91. The Morgan fingerprint density at radius 1 is 1.05 bits per heavy atom. The van der Waals surface area contributed by atoms with E-state index in [1.807, 2.05) is 24.3 Å². The lowest BCUT2D eigenvalue weighted by Gasteiger charge is -2.35. The molecule has 1 aliphatic rings. The van der Waals surface area contributed by atoms with Gasteiger partial charge in [0.2, 0.25) is 0 Å². The predicted octanol–water partition coefficient (Wildman–Crippen LogP) is 3.03. The first kappa shape index (κ1) is 15.6. The van der Waals surface area contributed by atoms with E-state index >= 15 is 0 Å². The predicted molar refractivity (Wildman–Crippen MR) is 87.7 cm³/mol. The van der Waals surface area contributed by atoms with Crippen molar-refractivity contribution in [2.45, 2.75) is 13.8 Å². The lowest BCUT2D eigenvalue weighted by molar-refractivity contribution is 0.125. The number of halogens is 1. The molecule has 0 aliphatic carbocycles. The number of rotatable bonds is 6. The van der Waals surface area contributed by atoms with Crippen molar-refractivity contribution in [3.05, 3.63) is 29.3 Å². The second-order valence-corrected chi connectivity index (χ2v) is 6.41. The van der Waals surface area contributed by atoms with Gasteiger partial charge in [0.1, 0.15) is 0 Å². The molecule has 0 radical (unpaired) electrons. The molecule has 0 amide bonds. The van der Waals surface area contributed by atoms with Gasteiger partial charge in [-0.2, -0.15) is 0 Å². The van der Waals surface area contributed by atoms with Gasteiger partial charge < -0.3 is 10.2 Å². The summed E-state index contributed by atoms with van der Waals surface area (Å²) in [5.41, 5.74) is 1.15. The molecule has 0 bridgehead atoms. The highest BCUT2D eigenvalue weighted by atomic mass is 35.5. The molecule has 1 N–H and O–H groups in total. The van der Waals surface area contributed by atoms with Gasteiger partial charge in [0, 0.05) is 56.5 Å². The summed E-state index contributed by atoms with van der Waals surface area (Å²) in [5.74, 6) is 0.771. The SMILES string of the molecule is CC(C)CN1CCN(CCNc2ccc(Cl)cc2)CC1. The first-order valence-electron chi connectivity index (χ1n) is 7.57. The molecule has 3 nitrogen and oxygen atoms in total. The molecule has 0 spiro atoms. The van der Waals surface area contributed by atoms with E-state index < -0.39 is 0 Å². The van der Waals surface area contributed by atoms with Crippen LogP contribution in [0.4, 0.5) is 5.69 Å². The van der Waals surface area contributed by atoms with Crippen LogP contribution in [0.25, 0.3) is 0 Å². The van der Waals surface area contributed by atoms with Gasteiger partial charge in [0.15, 0.2) is 0 Å². The molecule has 1 aromatic rings. The minimum atomic E-state index is 0.771. The maximum atomic E-state index is 5.88. The number of nitrogens with zero attached hydrogens (tertiary/aromatic N) is 2. The number of anilines is 1.